The van der Waals surface area contributed by atoms with Gasteiger partial charge < -0.3 is 19.7 Å². The van der Waals surface area contributed by atoms with Crippen LogP contribution < -0.4 is 15.6 Å². The Morgan fingerprint density at radius 1 is 1.29 bits per heavy atom. The fraction of sp³-hybridized carbons (Fsp3) is 0.409. The molecule has 2 N–H and O–H groups in total. The number of hydrogen-bond acceptors (Lipinski definition) is 4. The molecular weight excluding hydrogens is 408 g/mol. The third-order valence-corrected chi connectivity index (χ3v) is 5.20. The molecule has 0 saturated heterocycles. The average molecular weight is 433 g/mol. The lowest BCUT2D eigenvalue weighted by molar-refractivity contribution is 0.142. The first-order valence-corrected chi connectivity index (χ1v) is 9.92. The Morgan fingerprint density at radius 2 is 2.00 bits per heavy atom. The molecular formula is C22H25F2N3O4. The van der Waals surface area contributed by atoms with E-state index in [0.29, 0.717) is 33.8 Å². The summed E-state index contributed by atoms with van der Waals surface area (Å²) in [7, 11) is 1.57. The Morgan fingerprint density at radius 3 is 2.61 bits per heavy atom. The third-order valence-electron chi connectivity index (χ3n) is 5.20. The largest absolute Gasteiger partial charge is 0.491 e. The summed E-state index contributed by atoms with van der Waals surface area (Å²) in [5.74, 6) is 0.0965. The second-order valence-electron chi connectivity index (χ2n) is 7.98. The predicted octanol–water partition coefficient (Wildman–Crippen LogP) is 4.39. The average Bonchev–Trinajstić information content (AvgIpc) is 2.68. The van der Waals surface area contributed by atoms with Crippen molar-refractivity contribution < 1.29 is 23.4 Å². The van der Waals surface area contributed by atoms with Crippen LogP contribution in [0.4, 0.5) is 13.6 Å². The molecule has 31 heavy (non-hydrogen) atoms. The Labute approximate surface area is 177 Å². The number of benzene rings is 1. The molecule has 2 heterocycles. The number of carboxylic acid groups (broad SMARTS) is 1. The van der Waals surface area contributed by atoms with Crippen LogP contribution >= 0.6 is 0 Å². The molecule has 1 atom stereocenters. The Kier molecular flexibility index (Phi) is 6.42. The molecule has 2 aromatic heterocycles. The first-order chi connectivity index (χ1) is 14.6. The van der Waals surface area contributed by atoms with Crippen LogP contribution in [0.5, 0.6) is 5.75 Å². The van der Waals surface area contributed by atoms with Gasteiger partial charge in [0, 0.05) is 24.7 Å². The number of rotatable bonds is 7. The number of pyridine rings is 2. The topological polar surface area (TPSA) is 93.5 Å². The number of nitrogens with zero attached hydrogens (tertiary/aromatic N) is 2. The van der Waals surface area contributed by atoms with E-state index in [1.54, 1.807) is 20.0 Å². The number of halogens is 2. The second kappa shape index (κ2) is 8.87. The SMILES string of the molecule is Cc1nccc2c1c(=O)n(C)c1cc(OCC(CC(C)C)NC(=O)O)c(C(F)F)cc21. The van der Waals surface area contributed by atoms with E-state index in [2.05, 4.69) is 10.3 Å². The highest BCUT2D eigenvalue weighted by Gasteiger charge is 2.21. The van der Waals surface area contributed by atoms with Crippen molar-refractivity contribution in [2.75, 3.05) is 6.61 Å². The van der Waals surface area contributed by atoms with E-state index in [4.69, 9.17) is 9.84 Å². The van der Waals surface area contributed by atoms with Crippen molar-refractivity contribution in [2.45, 2.75) is 39.7 Å². The van der Waals surface area contributed by atoms with Crippen LogP contribution in [0.25, 0.3) is 21.7 Å². The molecule has 0 aliphatic rings. The van der Waals surface area contributed by atoms with E-state index in [0.717, 1.165) is 0 Å². The van der Waals surface area contributed by atoms with Gasteiger partial charge in [-0.2, -0.15) is 0 Å². The van der Waals surface area contributed by atoms with Gasteiger partial charge in [0.15, 0.2) is 0 Å². The van der Waals surface area contributed by atoms with Crippen molar-refractivity contribution in [1.29, 1.82) is 0 Å². The van der Waals surface area contributed by atoms with Crippen molar-refractivity contribution in [3.8, 4) is 5.75 Å². The first-order valence-electron chi connectivity index (χ1n) is 9.92. The summed E-state index contributed by atoms with van der Waals surface area (Å²) in [5, 5.41) is 12.8. The number of amides is 1. The normalized spacial score (nSPS) is 12.6. The molecule has 0 aliphatic carbocycles. The number of hydrogen-bond donors (Lipinski definition) is 2. The van der Waals surface area contributed by atoms with Crippen LogP contribution in [-0.4, -0.2) is 33.4 Å². The predicted molar refractivity (Wildman–Crippen MR) is 114 cm³/mol. The molecule has 0 spiro atoms. The summed E-state index contributed by atoms with van der Waals surface area (Å²) in [6, 6.07) is 3.82. The molecule has 0 saturated carbocycles. The second-order valence-corrected chi connectivity index (χ2v) is 7.98. The number of ether oxygens (including phenoxy) is 1. The summed E-state index contributed by atoms with van der Waals surface area (Å²) in [4.78, 5) is 28.1. The van der Waals surface area contributed by atoms with Gasteiger partial charge in [-0.3, -0.25) is 9.78 Å². The number of aromatic nitrogens is 2. The first kappa shape index (κ1) is 22.5. The zero-order valence-corrected chi connectivity index (χ0v) is 17.8. The standard InChI is InChI=1S/C22H25F2N3O4/c1-11(2)7-13(26-22(29)30)10-31-18-9-17-15(8-16(18)20(23)24)14-5-6-25-12(3)19(14)21(28)27(17)4/h5-6,8-9,11,13,20,26H,7,10H2,1-4H3,(H,29,30). The van der Waals surface area contributed by atoms with E-state index in [-0.39, 0.29) is 29.4 Å². The number of fused-ring (bicyclic) bond motifs is 3. The van der Waals surface area contributed by atoms with E-state index in [1.165, 1.54) is 22.9 Å². The van der Waals surface area contributed by atoms with Gasteiger partial charge in [-0.1, -0.05) is 13.8 Å². The minimum Gasteiger partial charge on any atom is -0.491 e. The van der Waals surface area contributed by atoms with Gasteiger partial charge in [-0.15, -0.1) is 0 Å². The minimum absolute atomic E-state index is 0.0800. The molecule has 9 heteroatoms. The summed E-state index contributed by atoms with van der Waals surface area (Å²) >= 11 is 0. The van der Waals surface area contributed by atoms with Crippen molar-refractivity contribution in [1.82, 2.24) is 14.9 Å². The maximum Gasteiger partial charge on any atom is 0.404 e. The Bertz CT molecular complexity index is 1190. The van der Waals surface area contributed by atoms with Crippen molar-refractivity contribution in [3.63, 3.8) is 0 Å². The molecule has 0 aliphatic heterocycles. The lowest BCUT2D eigenvalue weighted by atomic mass is 10.0. The van der Waals surface area contributed by atoms with E-state index in [9.17, 15) is 18.4 Å². The maximum absolute atomic E-state index is 13.9. The fourth-order valence-electron chi connectivity index (χ4n) is 3.82. The summed E-state index contributed by atoms with van der Waals surface area (Å²) in [6.07, 6.45) is -2.00. The number of nitrogens with one attached hydrogen (secondary N) is 1. The van der Waals surface area contributed by atoms with E-state index < -0.39 is 18.6 Å². The summed E-state index contributed by atoms with van der Waals surface area (Å²) in [6.45, 7) is 5.44. The molecule has 1 aromatic carbocycles. The van der Waals surface area contributed by atoms with Gasteiger partial charge in [0.1, 0.15) is 12.4 Å². The Hall–Kier alpha value is -3.23. The van der Waals surface area contributed by atoms with Crippen LogP contribution in [0.3, 0.4) is 0 Å². The molecule has 0 radical (unpaired) electrons. The summed E-state index contributed by atoms with van der Waals surface area (Å²) in [5.41, 5.74) is 0.360. The van der Waals surface area contributed by atoms with Gasteiger partial charge in [0.25, 0.3) is 12.0 Å². The molecule has 0 fully saturated rings. The van der Waals surface area contributed by atoms with E-state index in [1.807, 2.05) is 13.8 Å². The number of aryl methyl sites for hydroxylation is 2. The molecule has 1 unspecified atom stereocenters. The van der Waals surface area contributed by atoms with Crippen LogP contribution in [0.2, 0.25) is 0 Å². The smallest absolute Gasteiger partial charge is 0.404 e. The zero-order valence-electron chi connectivity index (χ0n) is 17.8. The zero-order chi connectivity index (χ0) is 22.9. The third kappa shape index (κ3) is 4.60. The molecule has 1 amide bonds. The minimum atomic E-state index is -2.81. The number of carbonyl (C=O) groups is 1. The van der Waals surface area contributed by atoms with Crippen LogP contribution in [-0.2, 0) is 7.05 Å². The van der Waals surface area contributed by atoms with E-state index >= 15 is 0 Å². The van der Waals surface area contributed by atoms with Gasteiger partial charge in [0.2, 0.25) is 0 Å². The highest BCUT2D eigenvalue weighted by atomic mass is 19.3. The molecule has 3 aromatic rings. The van der Waals surface area contributed by atoms with Gasteiger partial charge >= 0.3 is 6.09 Å². The monoisotopic (exact) mass is 433 g/mol. The highest BCUT2D eigenvalue weighted by molar-refractivity contribution is 6.06. The van der Waals surface area contributed by atoms with Gasteiger partial charge in [-0.05, 0) is 36.8 Å². The van der Waals surface area contributed by atoms with Crippen molar-refractivity contribution in [3.05, 3.63) is 46.0 Å². The van der Waals surface area contributed by atoms with Crippen LogP contribution in [0.1, 0.15) is 38.0 Å². The van der Waals surface area contributed by atoms with Crippen molar-refractivity contribution in [2.24, 2.45) is 13.0 Å². The molecule has 166 valence electrons. The maximum atomic E-state index is 13.9. The quantitative estimate of drug-likeness (QED) is 0.539. The lowest BCUT2D eigenvalue weighted by Gasteiger charge is -2.21. The number of alkyl halides is 2. The lowest BCUT2D eigenvalue weighted by Crippen LogP contribution is -2.39. The van der Waals surface area contributed by atoms with Crippen LogP contribution in [0.15, 0.2) is 29.2 Å². The Balaban J connectivity index is 2.13. The molecule has 0 bridgehead atoms. The molecule has 7 nitrogen and oxygen atoms in total. The fourth-order valence-corrected chi connectivity index (χ4v) is 3.82. The van der Waals surface area contributed by atoms with Gasteiger partial charge in [-0.25, -0.2) is 13.6 Å². The highest BCUT2D eigenvalue weighted by Crippen LogP contribution is 2.35. The summed E-state index contributed by atoms with van der Waals surface area (Å²) < 4.78 is 34.8. The van der Waals surface area contributed by atoms with Crippen LogP contribution in [0, 0.1) is 12.8 Å². The molecule has 3 rings (SSSR count). The van der Waals surface area contributed by atoms with Crippen molar-refractivity contribution >= 4 is 27.8 Å². The van der Waals surface area contributed by atoms with Gasteiger partial charge in [0.05, 0.1) is 28.2 Å².